The zero-order chi connectivity index (χ0) is 23.8. The van der Waals surface area contributed by atoms with Crippen LogP contribution in [0.4, 0.5) is 5.69 Å². The molecule has 0 saturated heterocycles. The van der Waals surface area contributed by atoms with Crippen molar-refractivity contribution in [1.29, 1.82) is 0 Å². The molecule has 4 aromatic rings. The Morgan fingerprint density at radius 1 is 0.879 bits per heavy atom. The lowest BCUT2D eigenvalue weighted by Crippen LogP contribution is -2.19. The molecule has 0 aliphatic heterocycles. The average Bonchev–Trinajstić information content (AvgIpc) is 3.12. The Balaban J connectivity index is 1.66. The molecule has 4 rings (SSSR count). The highest BCUT2D eigenvalue weighted by atomic mass is 32.2. The first kappa shape index (κ1) is 22.8. The molecule has 3 aromatic carbocycles. The van der Waals surface area contributed by atoms with Gasteiger partial charge in [-0.1, -0.05) is 59.7 Å². The molecule has 0 radical (unpaired) electrons. The summed E-state index contributed by atoms with van der Waals surface area (Å²) in [6.45, 7) is 7.85. The van der Waals surface area contributed by atoms with Crippen LogP contribution in [0, 0.1) is 27.7 Å². The van der Waals surface area contributed by atoms with Crippen LogP contribution in [0.1, 0.15) is 27.8 Å². The number of nitrogens with one attached hydrogen (secondary N) is 1. The Labute approximate surface area is 195 Å². The minimum Gasteiger partial charge on any atom is -0.337 e. The number of carbonyl (C=O) groups is 1. The van der Waals surface area contributed by atoms with Gasteiger partial charge in [0.05, 0.1) is 10.6 Å². The van der Waals surface area contributed by atoms with Crippen LogP contribution in [-0.2, 0) is 26.9 Å². The molecule has 1 N–H and O–H groups in total. The fourth-order valence-electron chi connectivity index (χ4n) is 4.13. The summed E-state index contributed by atoms with van der Waals surface area (Å²) in [5.41, 5.74) is 6.34. The number of hydrogen-bond acceptors (Lipinski definition) is 3. The van der Waals surface area contributed by atoms with Gasteiger partial charge in [0.2, 0.25) is 5.91 Å². The largest absolute Gasteiger partial charge is 0.337 e. The smallest absolute Gasteiger partial charge is 0.244 e. The lowest BCUT2D eigenvalue weighted by atomic mass is 10.1. The van der Waals surface area contributed by atoms with Crippen LogP contribution in [0.3, 0.4) is 0 Å². The first-order valence-corrected chi connectivity index (χ1v) is 12.5. The summed E-state index contributed by atoms with van der Waals surface area (Å²) in [6.07, 6.45) is 1.59. The third kappa shape index (κ3) is 4.86. The van der Waals surface area contributed by atoms with E-state index in [0.29, 0.717) is 10.9 Å². The van der Waals surface area contributed by atoms with Gasteiger partial charge < -0.3 is 9.88 Å². The van der Waals surface area contributed by atoms with Crippen molar-refractivity contribution in [3.05, 3.63) is 94.7 Å². The predicted octanol–water partition coefficient (Wildman–Crippen LogP) is 5.49. The topological polar surface area (TPSA) is 68.2 Å². The van der Waals surface area contributed by atoms with Crippen LogP contribution in [0.15, 0.2) is 71.8 Å². The summed E-state index contributed by atoms with van der Waals surface area (Å²) in [4.78, 5) is 13.1. The summed E-state index contributed by atoms with van der Waals surface area (Å²) in [5, 5.41) is 3.57. The van der Waals surface area contributed by atoms with Crippen molar-refractivity contribution in [2.75, 3.05) is 5.32 Å². The van der Waals surface area contributed by atoms with Gasteiger partial charge in [-0.25, -0.2) is 8.42 Å². The molecule has 0 aliphatic carbocycles. The van der Waals surface area contributed by atoms with Crippen LogP contribution in [0.25, 0.3) is 10.9 Å². The molecule has 0 unspecified atom stereocenters. The summed E-state index contributed by atoms with van der Waals surface area (Å²) in [6, 6.07) is 19.0. The number of rotatable bonds is 6. The van der Waals surface area contributed by atoms with E-state index in [1.807, 2.05) is 82.3 Å². The van der Waals surface area contributed by atoms with Crippen molar-refractivity contribution in [2.45, 2.75) is 44.9 Å². The van der Waals surface area contributed by atoms with Crippen LogP contribution in [-0.4, -0.2) is 18.9 Å². The Bertz CT molecular complexity index is 1470. The van der Waals surface area contributed by atoms with Gasteiger partial charge in [0.25, 0.3) is 0 Å². The second kappa shape index (κ2) is 8.87. The summed E-state index contributed by atoms with van der Waals surface area (Å²) in [5.74, 6) is -0.287. The molecule has 33 heavy (non-hydrogen) atoms. The number of aryl methyl sites for hydroxylation is 4. The van der Waals surface area contributed by atoms with E-state index < -0.39 is 9.84 Å². The first-order valence-electron chi connectivity index (χ1n) is 10.9. The number of fused-ring (bicyclic) bond motifs is 1. The number of carbonyl (C=O) groups excluding carboxylic acids is 1. The van der Waals surface area contributed by atoms with Crippen molar-refractivity contribution in [3.8, 4) is 0 Å². The molecule has 0 bridgehead atoms. The molecular weight excluding hydrogens is 432 g/mol. The van der Waals surface area contributed by atoms with Crippen molar-refractivity contribution in [1.82, 2.24) is 4.57 Å². The fraction of sp³-hybridized carbons (Fsp3) is 0.222. The Kier molecular flexibility index (Phi) is 6.13. The molecule has 0 saturated carbocycles. The first-order chi connectivity index (χ1) is 15.6. The second-order valence-corrected chi connectivity index (χ2v) is 10.7. The van der Waals surface area contributed by atoms with Gasteiger partial charge in [-0.05, 0) is 56.5 Å². The number of sulfone groups is 1. The molecular formula is C27H28N2O3S. The number of para-hydroxylation sites is 1. The Hall–Kier alpha value is -3.38. The highest BCUT2D eigenvalue weighted by Crippen LogP contribution is 2.29. The molecule has 0 fully saturated rings. The minimum atomic E-state index is -3.62. The van der Waals surface area contributed by atoms with Crippen LogP contribution >= 0.6 is 0 Å². The zero-order valence-corrected chi connectivity index (χ0v) is 20.2. The van der Waals surface area contributed by atoms with E-state index in [0.717, 1.165) is 33.5 Å². The van der Waals surface area contributed by atoms with Crippen LogP contribution in [0.2, 0.25) is 0 Å². The van der Waals surface area contributed by atoms with Crippen molar-refractivity contribution in [3.63, 3.8) is 0 Å². The zero-order valence-electron chi connectivity index (χ0n) is 19.3. The monoisotopic (exact) mass is 460 g/mol. The van der Waals surface area contributed by atoms with Gasteiger partial charge in [0, 0.05) is 22.8 Å². The van der Waals surface area contributed by atoms with Gasteiger partial charge in [-0.3, -0.25) is 4.79 Å². The highest BCUT2D eigenvalue weighted by molar-refractivity contribution is 7.90. The van der Waals surface area contributed by atoms with Gasteiger partial charge in [0.15, 0.2) is 9.84 Å². The third-order valence-electron chi connectivity index (χ3n) is 5.91. The van der Waals surface area contributed by atoms with E-state index in [1.165, 1.54) is 0 Å². The molecule has 0 atom stereocenters. The lowest BCUT2D eigenvalue weighted by molar-refractivity contribution is -0.116. The average molecular weight is 461 g/mol. The minimum absolute atomic E-state index is 0.0207. The summed E-state index contributed by atoms with van der Waals surface area (Å²) in [7, 11) is -3.62. The van der Waals surface area contributed by atoms with Gasteiger partial charge in [-0.15, -0.1) is 0 Å². The molecule has 1 heterocycles. The summed E-state index contributed by atoms with van der Waals surface area (Å²) >= 11 is 0. The maximum absolute atomic E-state index is 13.4. The molecule has 0 aliphatic rings. The molecule has 5 nitrogen and oxygen atoms in total. The lowest BCUT2D eigenvalue weighted by Gasteiger charge is -2.10. The molecule has 0 spiro atoms. The van der Waals surface area contributed by atoms with Crippen molar-refractivity contribution >= 4 is 32.3 Å². The number of benzene rings is 3. The highest BCUT2D eigenvalue weighted by Gasteiger charge is 2.23. The summed E-state index contributed by atoms with van der Waals surface area (Å²) < 4.78 is 28.6. The molecule has 1 aromatic heterocycles. The third-order valence-corrected chi connectivity index (χ3v) is 7.59. The second-order valence-electron chi connectivity index (χ2n) is 8.69. The normalized spacial score (nSPS) is 11.6. The number of aromatic nitrogens is 1. The number of nitrogens with zero attached hydrogens (tertiary/aromatic N) is 1. The quantitative estimate of drug-likeness (QED) is 0.414. The van der Waals surface area contributed by atoms with E-state index in [4.69, 9.17) is 0 Å². The van der Waals surface area contributed by atoms with E-state index in [9.17, 15) is 13.2 Å². The SMILES string of the molecule is Cc1ccc(NC(=O)Cn2cc(S(=O)(=O)Cc3cc(C)ccc3C)c3ccccc32)c(C)c1. The van der Waals surface area contributed by atoms with Crippen LogP contribution in [0.5, 0.6) is 0 Å². The molecule has 170 valence electrons. The van der Waals surface area contributed by atoms with Gasteiger partial charge in [-0.2, -0.15) is 0 Å². The maximum atomic E-state index is 13.4. The standard InChI is InChI=1S/C27H28N2O3S/c1-18-10-12-24(21(4)13-18)28-27(30)16-29-15-26(23-7-5-6-8-25(23)29)33(31,32)17-22-14-19(2)9-11-20(22)3/h5-15H,16-17H2,1-4H3,(H,28,30). The number of anilines is 1. The maximum Gasteiger partial charge on any atom is 0.244 e. The van der Waals surface area contributed by atoms with E-state index in [1.54, 1.807) is 16.8 Å². The van der Waals surface area contributed by atoms with E-state index >= 15 is 0 Å². The van der Waals surface area contributed by atoms with E-state index in [2.05, 4.69) is 5.32 Å². The number of amides is 1. The van der Waals surface area contributed by atoms with Gasteiger partial charge >= 0.3 is 0 Å². The Morgan fingerprint density at radius 3 is 2.33 bits per heavy atom. The molecule has 6 heteroatoms. The van der Waals surface area contributed by atoms with Crippen LogP contribution < -0.4 is 5.32 Å². The predicted molar refractivity (Wildman–Crippen MR) is 133 cm³/mol. The van der Waals surface area contributed by atoms with Gasteiger partial charge in [0.1, 0.15) is 6.54 Å². The van der Waals surface area contributed by atoms with Crippen molar-refractivity contribution < 1.29 is 13.2 Å². The van der Waals surface area contributed by atoms with E-state index in [-0.39, 0.29) is 23.1 Å². The number of hydrogen-bond donors (Lipinski definition) is 1. The molecule has 1 amide bonds. The fourth-order valence-corrected chi connectivity index (χ4v) is 5.80. The Morgan fingerprint density at radius 2 is 1.58 bits per heavy atom. The van der Waals surface area contributed by atoms with Crippen molar-refractivity contribution in [2.24, 2.45) is 0 Å².